The number of aliphatic hydroxyl groups excluding tert-OH is 1. The van der Waals surface area contributed by atoms with E-state index in [1.807, 2.05) is 0 Å². The van der Waals surface area contributed by atoms with Gasteiger partial charge in [0, 0.05) is 17.7 Å². The van der Waals surface area contributed by atoms with Crippen molar-refractivity contribution >= 4 is 39.1 Å². The monoisotopic (exact) mass is 415 g/mol. The Kier molecular flexibility index (Phi) is 5.63. The third-order valence-corrected chi connectivity index (χ3v) is 4.55. The van der Waals surface area contributed by atoms with Crippen LogP contribution in [0.3, 0.4) is 0 Å². The molecule has 1 aromatic carbocycles. The molecule has 0 radical (unpaired) electrons. The second kappa shape index (κ2) is 7.33. The van der Waals surface area contributed by atoms with E-state index in [4.69, 9.17) is 11.6 Å². The van der Waals surface area contributed by atoms with Crippen molar-refractivity contribution in [1.29, 1.82) is 0 Å². The number of hydrogen-bond acceptors (Lipinski definition) is 4. The van der Waals surface area contributed by atoms with Gasteiger partial charge < -0.3 is 10.4 Å². The first-order valence-electron chi connectivity index (χ1n) is 6.96. The zero-order valence-electron chi connectivity index (χ0n) is 12.9. The van der Waals surface area contributed by atoms with Crippen LogP contribution in [0.25, 0.3) is 0 Å². The summed E-state index contributed by atoms with van der Waals surface area (Å²) < 4.78 is 2.53. The topological polar surface area (TPSA) is 93.3 Å². The van der Waals surface area contributed by atoms with Crippen LogP contribution in [-0.2, 0) is 13.6 Å². The highest BCUT2D eigenvalue weighted by molar-refractivity contribution is 9.10. The molecule has 0 saturated carbocycles. The van der Waals surface area contributed by atoms with Gasteiger partial charge >= 0.3 is 5.69 Å². The van der Waals surface area contributed by atoms with Crippen molar-refractivity contribution in [3.63, 3.8) is 0 Å². The van der Waals surface area contributed by atoms with Crippen LogP contribution in [0.2, 0.25) is 5.02 Å². The summed E-state index contributed by atoms with van der Waals surface area (Å²) in [7, 11) is 1.27. The molecular weight excluding hydrogens is 402 g/mol. The van der Waals surface area contributed by atoms with E-state index < -0.39 is 23.3 Å². The molecule has 2 rings (SSSR count). The molecule has 0 saturated heterocycles. The SMILES string of the molecule is CC(O)Cn1cc(C(=O)Nc2cccc(Br)c2Cl)c(=O)n(C)c1=O. The minimum atomic E-state index is -0.810. The van der Waals surface area contributed by atoms with Gasteiger partial charge in [-0.1, -0.05) is 17.7 Å². The van der Waals surface area contributed by atoms with E-state index >= 15 is 0 Å². The van der Waals surface area contributed by atoms with Crippen LogP contribution in [0.4, 0.5) is 5.69 Å². The molecule has 1 amide bonds. The lowest BCUT2D eigenvalue weighted by atomic mass is 10.2. The summed E-state index contributed by atoms with van der Waals surface area (Å²) in [5.41, 5.74) is -1.25. The van der Waals surface area contributed by atoms with E-state index in [1.165, 1.54) is 14.0 Å². The summed E-state index contributed by atoms with van der Waals surface area (Å²) in [5.74, 6) is -0.699. The lowest BCUT2D eigenvalue weighted by molar-refractivity contribution is 0.102. The van der Waals surface area contributed by atoms with Crippen LogP contribution in [-0.4, -0.2) is 26.3 Å². The van der Waals surface area contributed by atoms with Gasteiger partial charge in [-0.2, -0.15) is 0 Å². The zero-order valence-corrected chi connectivity index (χ0v) is 15.3. The summed E-state index contributed by atoms with van der Waals surface area (Å²) in [4.78, 5) is 36.6. The molecule has 2 N–H and O–H groups in total. The van der Waals surface area contributed by atoms with Crippen molar-refractivity contribution in [3.8, 4) is 0 Å². The number of rotatable bonds is 4. The van der Waals surface area contributed by atoms with E-state index in [1.54, 1.807) is 18.2 Å². The Morgan fingerprint density at radius 1 is 1.42 bits per heavy atom. The van der Waals surface area contributed by atoms with E-state index in [0.717, 1.165) is 15.3 Å². The van der Waals surface area contributed by atoms with Gasteiger partial charge in [0.05, 0.1) is 23.4 Å². The first-order chi connectivity index (χ1) is 11.2. The second-order valence-electron chi connectivity index (χ2n) is 5.25. The smallest absolute Gasteiger partial charge is 0.330 e. The number of amides is 1. The van der Waals surface area contributed by atoms with Gasteiger partial charge in [-0.3, -0.25) is 18.7 Å². The van der Waals surface area contributed by atoms with Gasteiger partial charge in [0.25, 0.3) is 11.5 Å². The van der Waals surface area contributed by atoms with Crippen LogP contribution >= 0.6 is 27.5 Å². The van der Waals surface area contributed by atoms with Gasteiger partial charge in [0.1, 0.15) is 5.56 Å². The lowest BCUT2D eigenvalue weighted by Crippen LogP contribution is -2.42. The number of anilines is 1. The van der Waals surface area contributed by atoms with Crippen LogP contribution in [0.5, 0.6) is 0 Å². The highest BCUT2D eigenvalue weighted by atomic mass is 79.9. The molecule has 0 aliphatic rings. The molecule has 7 nitrogen and oxygen atoms in total. The quantitative estimate of drug-likeness (QED) is 0.792. The highest BCUT2D eigenvalue weighted by Gasteiger charge is 2.18. The van der Waals surface area contributed by atoms with Crippen molar-refractivity contribution in [1.82, 2.24) is 9.13 Å². The average molecular weight is 417 g/mol. The fourth-order valence-corrected chi connectivity index (χ4v) is 2.63. The number of halogens is 2. The molecule has 1 aromatic heterocycles. The van der Waals surface area contributed by atoms with Crippen molar-refractivity contribution in [3.05, 3.63) is 60.3 Å². The summed E-state index contributed by atoms with van der Waals surface area (Å²) in [6.45, 7) is 1.46. The Bertz CT molecular complexity index is 905. The second-order valence-corrected chi connectivity index (χ2v) is 6.48. The number of carbonyl (C=O) groups excluding carboxylic acids is 1. The molecule has 24 heavy (non-hydrogen) atoms. The maximum Gasteiger partial charge on any atom is 0.330 e. The minimum absolute atomic E-state index is 0.0368. The molecule has 2 aromatic rings. The van der Waals surface area contributed by atoms with E-state index in [0.29, 0.717) is 15.2 Å². The Morgan fingerprint density at radius 2 is 2.08 bits per heavy atom. The van der Waals surface area contributed by atoms with Crippen molar-refractivity contribution < 1.29 is 9.90 Å². The number of hydrogen-bond donors (Lipinski definition) is 2. The van der Waals surface area contributed by atoms with E-state index in [-0.39, 0.29) is 12.1 Å². The summed E-state index contributed by atoms with van der Waals surface area (Å²) >= 11 is 9.33. The molecule has 0 bridgehead atoms. The fourth-order valence-electron chi connectivity index (χ4n) is 2.09. The van der Waals surface area contributed by atoms with E-state index in [2.05, 4.69) is 21.2 Å². The van der Waals surface area contributed by atoms with Crippen molar-refractivity contribution in [2.45, 2.75) is 19.6 Å². The maximum absolute atomic E-state index is 12.4. The third kappa shape index (κ3) is 3.77. The van der Waals surface area contributed by atoms with Crippen LogP contribution in [0, 0.1) is 0 Å². The van der Waals surface area contributed by atoms with Crippen molar-refractivity contribution in [2.75, 3.05) is 5.32 Å². The molecule has 0 aliphatic carbocycles. The molecule has 1 atom stereocenters. The van der Waals surface area contributed by atoms with Crippen LogP contribution in [0.1, 0.15) is 17.3 Å². The molecule has 1 unspecified atom stereocenters. The van der Waals surface area contributed by atoms with Gasteiger partial charge in [-0.15, -0.1) is 0 Å². The average Bonchev–Trinajstić information content (AvgIpc) is 2.52. The number of nitrogens with one attached hydrogen (secondary N) is 1. The summed E-state index contributed by atoms with van der Waals surface area (Å²) in [6.07, 6.45) is 0.328. The normalized spacial score (nSPS) is 12.0. The van der Waals surface area contributed by atoms with Crippen molar-refractivity contribution in [2.24, 2.45) is 7.05 Å². The molecule has 128 valence electrons. The summed E-state index contributed by atoms with van der Waals surface area (Å²) in [6, 6.07) is 4.97. The van der Waals surface area contributed by atoms with Gasteiger partial charge in [0.2, 0.25) is 0 Å². The fraction of sp³-hybridized carbons (Fsp3) is 0.267. The van der Waals surface area contributed by atoms with Crippen LogP contribution < -0.4 is 16.6 Å². The predicted octanol–water partition coefficient (Wildman–Crippen LogP) is 1.60. The molecule has 0 spiro atoms. The Hall–Kier alpha value is -1.90. The van der Waals surface area contributed by atoms with Gasteiger partial charge in [-0.25, -0.2) is 4.79 Å². The first-order valence-corrected chi connectivity index (χ1v) is 8.13. The maximum atomic E-state index is 12.4. The van der Waals surface area contributed by atoms with Crippen LogP contribution in [0.15, 0.2) is 38.5 Å². The zero-order chi connectivity index (χ0) is 18.0. The Balaban J connectivity index is 2.46. The Labute approximate surface area is 150 Å². The number of aliphatic hydroxyl groups is 1. The van der Waals surface area contributed by atoms with Gasteiger partial charge in [-0.05, 0) is 35.0 Å². The number of carbonyl (C=O) groups is 1. The molecule has 9 heteroatoms. The van der Waals surface area contributed by atoms with Gasteiger partial charge in [0.15, 0.2) is 0 Å². The highest BCUT2D eigenvalue weighted by Crippen LogP contribution is 2.29. The largest absolute Gasteiger partial charge is 0.392 e. The predicted molar refractivity (Wildman–Crippen MR) is 94.7 cm³/mol. The molecule has 0 fully saturated rings. The lowest BCUT2D eigenvalue weighted by Gasteiger charge is -2.13. The Morgan fingerprint density at radius 3 is 2.71 bits per heavy atom. The first kappa shape index (κ1) is 18.4. The molecule has 0 aliphatic heterocycles. The molecular formula is C15H15BrClN3O4. The summed E-state index contributed by atoms with van der Waals surface area (Å²) in [5, 5.41) is 12.3. The number of aromatic nitrogens is 2. The number of nitrogens with zero attached hydrogens (tertiary/aromatic N) is 2. The number of benzene rings is 1. The standard InChI is InChI=1S/C15H15BrClN3O4/c1-8(21)6-20-7-9(14(23)19(2)15(20)24)13(22)18-11-5-3-4-10(16)12(11)17/h3-5,7-8,21H,6H2,1-2H3,(H,18,22). The molecule has 1 heterocycles. The minimum Gasteiger partial charge on any atom is -0.392 e. The third-order valence-electron chi connectivity index (χ3n) is 3.26. The van der Waals surface area contributed by atoms with E-state index in [9.17, 15) is 19.5 Å².